The molecule has 1 aromatic rings. The van der Waals surface area contributed by atoms with Crippen LogP contribution in [0.2, 0.25) is 0 Å². The van der Waals surface area contributed by atoms with E-state index in [0.717, 1.165) is 18.0 Å². The number of hydrogen-bond donors (Lipinski definition) is 1. The summed E-state index contributed by atoms with van der Waals surface area (Å²) in [7, 11) is 3.61. The van der Waals surface area contributed by atoms with Crippen molar-refractivity contribution in [2.45, 2.75) is 13.0 Å². The molecule has 0 aliphatic rings. The second kappa shape index (κ2) is 7.18. The quantitative estimate of drug-likeness (QED) is 0.762. The summed E-state index contributed by atoms with van der Waals surface area (Å²) in [6.07, 6.45) is 0. The maximum Gasteiger partial charge on any atom is 0.119 e. The topological polar surface area (TPSA) is 47.7 Å². The molecule has 5 heteroatoms. The minimum Gasteiger partial charge on any atom is -0.497 e. The maximum absolute atomic E-state index is 5.62. The summed E-state index contributed by atoms with van der Waals surface area (Å²) in [6.45, 7) is 3.34. The van der Waals surface area contributed by atoms with Gasteiger partial charge in [0.1, 0.15) is 18.1 Å². The Hall–Kier alpha value is -1.33. The zero-order chi connectivity index (χ0) is 13.5. The minimum absolute atomic E-state index is 0.0828. The number of nitrogens with zero attached hydrogens (tertiary/aromatic N) is 1. The maximum atomic E-state index is 5.62. The van der Waals surface area contributed by atoms with Crippen LogP contribution in [-0.4, -0.2) is 43.2 Å². The highest BCUT2D eigenvalue weighted by molar-refractivity contribution is 7.80. The molecule has 0 bridgehead atoms. The third-order valence-electron chi connectivity index (χ3n) is 2.85. The van der Waals surface area contributed by atoms with Gasteiger partial charge in [-0.15, -0.1) is 0 Å². The molecule has 100 valence electrons. The van der Waals surface area contributed by atoms with Crippen molar-refractivity contribution < 1.29 is 9.47 Å². The van der Waals surface area contributed by atoms with E-state index in [2.05, 4.69) is 4.90 Å². The third kappa shape index (κ3) is 4.50. The summed E-state index contributed by atoms with van der Waals surface area (Å²) < 4.78 is 10.7. The molecule has 0 aliphatic carbocycles. The van der Waals surface area contributed by atoms with Crippen molar-refractivity contribution in [2.75, 3.05) is 27.3 Å². The number of ether oxygens (including phenoxy) is 2. The molecule has 2 N–H and O–H groups in total. The molecule has 1 aromatic carbocycles. The van der Waals surface area contributed by atoms with Crippen LogP contribution in [0.1, 0.15) is 6.92 Å². The molecule has 0 saturated heterocycles. The lowest BCUT2D eigenvalue weighted by Gasteiger charge is -2.23. The predicted octanol–water partition coefficient (Wildman–Crippen LogP) is 1.68. The number of hydrogen-bond acceptors (Lipinski definition) is 4. The van der Waals surface area contributed by atoms with Crippen LogP contribution in [-0.2, 0) is 0 Å². The molecule has 4 nitrogen and oxygen atoms in total. The number of methoxy groups -OCH3 is 1. The van der Waals surface area contributed by atoms with Gasteiger partial charge in [0.2, 0.25) is 0 Å². The summed E-state index contributed by atoms with van der Waals surface area (Å²) in [5.74, 6) is 1.65. The first kappa shape index (κ1) is 14.7. The largest absolute Gasteiger partial charge is 0.497 e. The SMILES string of the molecule is COc1ccc(OCCN(C)C(C)C(N)=S)cc1. The van der Waals surface area contributed by atoms with Crippen LogP contribution < -0.4 is 15.2 Å². The molecule has 0 fully saturated rings. The van der Waals surface area contributed by atoms with Crippen molar-refractivity contribution in [2.24, 2.45) is 5.73 Å². The summed E-state index contributed by atoms with van der Waals surface area (Å²) in [6, 6.07) is 7.60. The highest BCUT2D eigenvalue weighted by atomic mass is 32.1. The molecule has 1 rings (SSSR count). The van der Waals surface area contributed by atoms with Gasteiger partial charge in [-0.1, -0.05) is 12.2 Å². The average molecular weight is 268 g/mol. The van der Waals surface area contributed by atoms with E-state index >= 15 is 0 Å². The van der Waals surface area contributed by atoms with Gasteiger partial charge in [-0.25, -0.2) is 0 Å². The number of rotatable bonds is 7. The highest BCUT2D eigenvalue weighted by Gasteiger charge is 2.11. The fraction of sp³-hybridized carbons (Fsp3) is 0.462. The molecule has 0 aliphatic heterocycles. The van der Waals surface area contributed by atoms with Crippen molar-refractivity contribution >= 4 is 17.2 Å². The first-order chi connectivity index (χ1) is 8.54. The fourth-order valence-corrected chi connectivity index (χ4v) is 1.57. The van der Waals surface area contributed by atoms with Gasteiger partial charge in [-0.2, -0.15) is 0 Å². The van der Waals surface area contributed by atoms with E-state index in [0.29, 0.717) is 11.6 Å². The van der Waals surface area contributed by atoms with E-state index in [-0.39, 0.29) is 6.04 Å². The van der Waals surface area contributed by atoms with Crippen LogP contribution in [0.15, 0.2) is 24.3 Å². The molecule has 0 spiro atoms. The molecule has 0 heterocycles. The molecule has 0 aromatic heterocycles. The third-order valence-corrected chi connectivity index (χ3v) is 3.19. The Morgan fingerprint density at radius 3 is 2.39 bits per heavy atom. The Bertz CT molecular complexity index is 381. The molecule has 1 unspecified atom stereocenters. The van der Waals surface area contributed by atoms with Crippen LogP contribution in [0.25, 0.3) is 0 Å². The molecule has 0 saturated carbocycles. The normalized spacial score (nSPS) is 12.2. The Morgan fingerprint density at radius 1 is 1.33 bits per heavy atom. The Morgan fingerprint density at radius 2 is 1.89 bits per heavy atom. The van der Waals surface area contributed by atoms with Crippen LogP contribution >= 0.6 is 12.2 Å². The summed E-state index contributed by atoms with van der Waals surface area (Å²) in [5.41, 5.74) is 5.59. The van der Waals surface area contributed by atoms with Crippen molar-refractivity contribution in [3.63, 3.8) is 0 Å². The van der Waals surface area contributed by atoms with Crippen molar-refractivity contribution in [3.05, 3.63) is 24.3 Å². The zero-order valence-corrected chi connectivity index (χ0v) is 11.9. The second-order valence-corrected chi connectivity index (χ2v) is 4.55. The van der Waals surface area contributed by atoms with Gasteiger partial charge in [0.25, 0.3) is 0 Å². The second-order valence-electron chi connectivity index (χ2n) is 4.08. The van der Waals surface area contributed by atoms with Gasteiger partial charge >= 0.3 is 0 Å². The van der Waals surface area contributed by atoms with Crippen LogP contribution in [0.3, 0.4) is 0 Å². The van der Waals surface area contributed by atoms with Gasteiger partial charge in [-0.3, -0.25) is 4.90 Å². The molecular formula is C13H20N2O2S. The smallest absolute Gasteiger partial charge is 0.119 e. The lowest BCUT2D eigenvalue weighted by molar-refractivity contribution is 0.227. The summed E-state index contributed by atoms with van der Waals surface area (Å²) >= 11 is 4.95. The first-order valence-corrected chi connectivity index (χ1v) is 6.22. The van der Waals surface area contributed by atoms with Crippen LogP contribution in [0, 0.1) is 0 Å². The van der Waals surface area contributed by atoms with Gasteiger partial charge in [0, 0.05) is 6.54 Å². The number of likely N-dealkylation sites (N-methyl/N-ethyl adjacent to an activating group) is 1. The standard InChI is InChI=1S/C13H20N2O2S/c1-10(13(14)18)15(2)8-9-17-12-6-4-11(16-3)5-7-12/h4-7,10H,8-9H2,1-3H3,(H2,14,18). The molecule has 0 amide bonds. The van der Waals surface area contributed by atoms with E-state index in [1.54, 1.807) is 7.11 Å². The number of nitrogens with two attached hydrogens (primary N) is 1. The van der Waals surface area contributed by atoms with Crippen molar-refractivity contribution in [1.29, 1.82) is 0 Å². The van der Waals surface area contributed by atoms with Crippen LogP contribution in [0.5, 0.6) is 11.5 Å². The lowest BCUT2D eigenvalue weighted by Crippen LogP contribution is -2.41. The Balaban J connectivity index is 2.34. The van der Waals surface area contributed by atoms with Gasteiger partial charge in [-0.05, 0) is 38.2 Å². The van der Waals surface area contributed by atoms with Crippen molar-refractivity contribution in [3.8, 4) is 11.5 Å². The van der Waals surface area contributed by atoms with E-state index in [4.69, 9.17) is 27.4 Å². The monoisotopic (exact) mass is 268 g/mol. The van der Waals surface area contributed by atoms with E-state index < -0.39 is 0 Å². The number of benzene rings is 1. The molecule has 1 atom stereocenters. The molecular weight excluding hydrogens is 248 g/mol. The van der Waals surface area contributed by atoms with E-state index in [9.17, 15) is 0 Å². The van der Waals surface area contributed by atoms with Gasteiger partial charge < -0.3 is 15.2 Å². The Kier molecular flexibility index (Phi) is 5.88. The minimum atomic E-state index is 0.0828. The average Bonchev–Trinajstić information content (AvgIpc) is 2.38. The Labute approximate surface area is 114 Å². The van der Waals surface area contributed by atoms with Crippen LogP contribution in [0.4, 0.5) is 0 Å². The zero-order valence-electron chi connectivity index (χ0n) is 11.1. The first-order valence-electron chi connectivity index (χ1n) is 5.81. The lowest BCUT2D eigenvalue weighted by atomic mass is 10.3. The predicted molar refractivity (Wildman–Crippen MR) is 77.4 cm³/mol. The van der Waals surface area contributed by atoms with Gasteiger partial charge in [0.15, 0.2) is 0 Å². The molecule has 18 heavy (non-hydrogen) atoms. The van der Waals surface area contributed by atoms with E-state index in [1.807, 2.05) is 38.2 Å². The highest BCUT2D eigenvalue weighted by Crippen LogP contribution is 2.16. The summed E-state index contributed by atoms with van der Waals surface area (Å²) in [4.78, 5) is 2.56. The van der Waals surface area contributed by atoms with E-state index in [1.165, 1.54) is 0 Å². The fourth-order valence-electron chi connectivity index (χ4n) is 1.39. The number of thiocarbonyl (C=S) groups is 1. The summed E-state index contributed by atoms with van der Waals surface area (Å²) in [5, 5.41) is 0. The van der Waals surface area contributed by atoms with Gasteiger partial charge in [0.05, 0.1) is 18.1 Å². The molecule has 0 radical (unpaired) electrons. The van der Waals surface area contributed by atoms with Crippen molar-refractivity contribution in [1.82, 2.24) is 4.90 Å².